The van der Waals surface area contributed by atoms with Crippen molar-refractivity contribution in [3.05, 3.63) is 73.1 Å². The van der Waals surface area contributed by atoms with E-state index in [9.17, 15) is 9.50 Å². The molecule has 4 aromatic heterocycles. The summed E-state index contributed by atoms with van der Waals surface area (Å²) in [5, 5.41) is 26.0. The van der Waals surface area contributed by atoms with Gasteiger partial charge < -0.3 is 25.6 Å². The minimum absolute atomic E-state index is 0.259. The van der Waals surface area contributed by atoms with Gasteiger partial charge in [-0.3, -0.25) is 15.1 Å². The van der Waals surface area contributed by atoms with Crippen molar-refractivity contribution >= 4 is 33.3 Å². The van der Waals surface area contributed by atoms with Crippen LogP contribution in [0.1, 0.15) is 32.1 Å². The van der Waals surface area contributed by atoms with Crippen LogP contribution in [-0.2, 0) is 0 Å². The first-order chi connectivity index (χ1) is 22.4. The molecule has 46 heavy (non-hydrogen) atoms. The zero-order valence-corrected chi connectivity index (χ0v) is 26.0. The van der Waals surface area contributed by atoms with Gasteiger partial charge in [-0.25, -0.2) is 9.37 Å². The molecule has 5 N–H and O–H groups in total. The average molecular weight is 620 g/mol. The summed E-state index contributed by atoms with van der Waals surface area (Å²) in [4.78, 5) is 19.3. The fourth-order valence-electron chi connectivity index (χ4n) is 6.32. The van der Waals surface area contributed by atoms with E-state index in [0.717, 1.165) is 71.0 Å². The van der Waals surface area contributed by atoms with Crippen molar-refractivity contribution in [1.29, 1.82) is 0 Å². The molecule has 0 radical (unpaired) electrons. The number of fused-ring (bicyclic) bond motifs is 2. The van der Waals surface area contributed by atoms with E-state index in [1.165, 1.54) is 18.6 Å². The zero-order valence-electron chi connectivity index (χ0n) is 26.0. The molecule has 0 amide bonds. The van der Waals surface area contributed by atoms with Gasteiger partial charge >= 0.3 is 0 Å². The van der Waals surface area contributed by atoms with Gasteiger partial charge in [0.1, 0.15) is 17.7 Å². The third kappa shape index (κ3) is 6.29. The molecule has 236 valence electrons. The number of benzene rings is 2. The van der Waals surface area contributed by atoms with Gasteiger partial charge in [0.2, 0.25) is 0 Å². The molecule has 10 nitrogen and oxygen atoms in total. The van der Waals surface area contributed by atoms with E-state index in [1.807, 2.05) is 44.6 Å². The molecule has 1 fully saturated rings. The number of likely N-dealkylation sites (N-methyl/N-ethyl adjacent to an activating group) is 1. The highest BCUT2D eigenvalue weighted by Gasteiger charge is 2.22. The van der Waals surface area contributed by atoms with Gasteiger partial charge in [-0.05, 0) is 74.5 Å². The Balaban J connectivity index is 1.19. The van der Waals surface area contributed by atoms with Crippen molar-refractivity contribution in [2.24, 2.45) is 5.92 Å². The molecule has 0 spiro atoms. The lowest BCUT2D eigenvalue weighted by atomic mass is 9.88. The first-order valence-electron chi connectivity index (χ1n) is 15.8. The second-order valence-electron chi connectivity index (χ2n) is 12.4. The van der Waals surface area contributed by atoms with E-state index in [0.29, 0.717) is 34.8 Å². The van der Waals surface area contributed by atoms with E-state index in [-0.39, 0.29) is 11.7 Å². The predicted molar refractivity (Wildman–Crippen MR) is 181 cm³/mol. The Kier molecular flexibility index (Phi) is 8.33. The molecule has 6 aromatic rings. The maximum Gasteiger partial charge on any atom is 0.159 e. The monoisotopic (exact) mass is 619 g/mol. The predicted octanol–water partition coefficient (Wildman–Crippen LogP) is 6.65. The third-order valence-electron chi connectivity index (χ3n) is 8.76. The van der Waals surface area contributed by atoms with Crippen LogP contribution < -0.4 is 10.6 Å². The Morgan fingerprint density at radius 3 is 2.59 bits per heavy atom. The third-order valence-corrected chi connectivity index (χ3v) is 8.76. The quantitative estimate of drug-likeness (QED) is 0.108. The van der Waals surface area contributed by atoms with Gasteiger partial charge in [0.05, 0.1) is 34.6 Å². The minimum Gasteiger partial charge on any atom is -0.384 e. The molecule has 1 aliphatic rings. The Morgan fingerprint density at radius 1 is 0.913 bits per heavy atom. The molecule has 0 aliphatic heterocycles. The van der Waals surface area contributed by atoms with E-state index in [2.05, 4.69) is 46.7 Å². The Morgan fingerprint density at radius 2 is 1.74 bits per heavy atom. The van der Waals surface area contributed by atoms with Crippen molar-refractivity contribution in [2.75, 3.05) is 37.8 Å². The van der Waals surface area contributed by atoms with Crippen LogP contribution in [0.15, 0.2) is 67.3 Å². The van der Waals surface area contributed by atoms with Crippen LogP contribution in [0.2, 0.25) is 0 Å². The number of aliphatic hydroxyl groups excluding tert-OH is 1. The van der Waals surface area contributed by atoms with Gasteiger partial charge in [0, 0.05) is 53.6 Å². The first-order valence-corrected chi connectivity index (χ1v) is 15.8. The number of imidazole rings is 1. The molecule has 7 rings (SSSR count). The largest absolute Gasteiger partial charge is 0.384 e. The number of hydrogen-bond acceptors (Lipinski definition) is 8. The summed E-state index contributed by atoms with van der Waals surface area (Å²) >= 11 is 0. The summed E-state index contributed by atoms with van der Waals surface area (Å²) in [6.45, 7) is 1.52. The SMILES string of the molecule is CN(C)CCNc1cc(F)cc(-c2cncc3[nH]c(-c4n[nH]c5ccc(-c6cncc(NC(O)C7CCCCC7)c6)cc45)nc23)c1. The van der Waals surface area contributed by atoms with Crippen LogP contribution in [0.4, 0.5) is 15.8 Å². The molecule has 11 heteroatoms. The summed E-state index contributed by atoms with van der Waals surface area (Å²) in [5.41, 5.74) is 7.73. The number of hydrogen-bond donors (Lipinski definition) is 5. The first kappa shape index (κ1) is 29.8. The molecule has 2 aromatic carbocycles. The maximum absolute atomic E-state index is 14.7. The summed E-state index contributed by atoms with van der Waals surface area (Å²) in [6, 6.07) is 13.0. The lowest BCUT2D eigenvalue weighted by Gasteiger charge is -2.27. The highest BCUT2D eigenvalue weighted by molar-refractivity contribution is 5.98. The molecule has 1 aliphatic carbocycles. The van der Waals surface area contributed by atoms with Crippen LogP contribution in [0.25, 0.3) is 55.7 Å². The smallest absolute Gasteiger partial charge is 0.159 e. The second kappa shape index (κ2) is 12.9. The lowest BCUT2D eigenvalue weighted by Crippen LogP contribution is -2.30. The molecule has 0 bridgehead atoms. The lowest BCUT2D eigenvalue weighted by molar-refractivity contribution is 0.109. The van der Waals surface area contributed by atoms with E-state index in [1.54, 1.807) is 18.6 Å². The van der Waals surface area contributed by atoms with Crippen molar-refractivity contribution in [3.8, 4) is 33.8 Å². The highest BCUT2D eigenvalue weighted by Crippen LogP contribution is 2.34. The molecular formula is C35H38FN9O. The van der Waals surface area contributed by atoms with E-state index < -0.39 is 6.23 Å². The second-order valence-corrected chi connectivity index (χ2v) is 12.4. The van der Waals surface area contributed by atoms with Crippen molar-refractivity contribution in [2.45, 2.75) is 38.3 Å². The van der Waals surface area contributed by atoms with Crippen molar-refractivity contribution < 1.29 is 9.50 Å². The minimum atomic E-state index is -0.592. The molecule has 1 atom stereocenters. The van der Waals surface area contributed by atoms with Crippen LogP contribution in [0.5, 0.6) is 0 Å². The normalized spacial score (nSPS) is 14.7. The fraction of sp³-hybridized carbons (Fsp3) is 0.314. The summed E-state index contributed by atoms with van der Waals surface area (Å²) in [6.07, 6.45) is 12.1. The number of aromatic nitrogens is 6. The summed E-state index contributed by atoms with van der Waals surface area (Å²) in [7, 11) is 4.00. The number of anilines is 2. The average Bonchev–Trinajstić information content (AvgIpc) is 3.69. The zero-order chi connectivity index (χ0) is 31.6. The number of aromatic amines is 2. The molecule has 1 unspecified atom stereocenters. The number of aliphatic hydroxyl groups is 1. The number of pyridine rings is 2. The number of H-pyrrole nitrogens is 2. The Bertz CT molecular complexity index is 1980. The summed E-state index contributed by atoms with van der Waals surface area (Å²) in [5.74, 6) is 0.507. The molecule has 0 saturated heterocycles. The topological polar surface area (TPSA) is 131 Å². The number of nitrogens with zero attached hydrogens (tertiary/aromatic N) is 5. The van der Waals surface area contributed by atoms with Crippen LogP contribution in [0.3, 0.4) is 0 Å². The van der Waals surface area contributed by atoms with Gasteiger partial charge in [-0.1, -0.05) is 25.3 Å². The molecule has 4 heterocycles. The maximum atomic E-state index is 14.7. The van der Waals surface area contributed by atoms with Crippen LogP contribution in [-0.4, -0.2) is 73.6 Å². The van der Waals surface area contributed by atoms with E-state index in [4.69, 9.17) is 4.98 Å². The van der Waals surface area contributed by atoms with Crippen LogP contribution in [0, 0.1) is 11.7 Å². The number of halogens is 1. The molecular weight excluding hydrogens is 581 g/mol. The number of nitrogens with one attached hydrogen (secondary N) is 4. The van der Waals surface area contributed by atoms with Gasteiger partial charge in [0.25, 0.3) is 0 Å². The van der Waals surface area contributed by atoms with Gasteiger partial charge in [-0.15, -0.1) is 0 Å². The standard InChI is InChI=1S/C35H38FN9O/c1-45(2)11-10-39-26-13-23(12-25(36)16-26)29-19-38-20-31-32(29)42-34(41-31)33-28-15-22(8-9-30(28)43-44-33)24-14-27(18-37-17-24)40-35(46)21-6-4-3-5-7-21/h8-9,12-21,35,39-40,46H,3-7,10-11H2,1-2H3,(H,41,42)(H,43,44). The van der Waals surface area contributed by atoms with E-state index >= 15 is 0 Å². The van der Waals surface area contributed by atoms with Gasteiger partial charge in [-0.2, -0.15) is 5.10 Å². The van der Waals surface area contributed by atoms with Crippen LogP contribution >= 0.6 is 0 Å². The van der Waals surface area contributed by atoms with Crippen molar-refractivity contribution in [1.82, 2.24) is 35.0 Å². The fourth-order valence-corrected chi connectivity index (χ4v) is 6.32. The highest BCUT2D eigenvalue weighted by atomic mass is 19.1. The number of rotatable bonds is 10. The Labute approximate surface area is 266 Å². The van der Waals surface area contributed by atoms with Crippen molar-refractivity contribution in [3.63, 3.8) is 0 Å². The summed E-state index contributed by atoms with van der Waals surface area (Å²) < 4.78 is 14.7. The van der Waals surface area contributed by atoms with Gasteiger partial charge in [0.15, 0.2) is 5.82 Å². The molecule has 1 saturated carbocycles. The Hall–Kier alpha value is -4.87.